The van der Waals surface area contributed by atoms with Gasteiger partial charge in [0.1, 0.15) is 5.82 Å². The van der Waals surface area contributed by atoms with Gasteiger partial charge in [-0.25, -0.2) is 4.39 Å². The molecule has 1 aromatic rings. The third-order valence-corrected chi connectivity index (χ3v) is 3.21. The zero-order valence-electron chi connectivity index (χ0n) is 10.8. The van der Waals surface area contributed by atoms with Gasteiger partial charge in [-0.05, 0) is 38.0 Å². The van der Waals surface area contributed by atoms with Crippen molar-refractivity contribution in [1.29, 1.82) is 0 Å². The Hall–Kier alpha value is -1.13. The summed E-state index contributed by atoms with van der Waals surface area (Å²) in [4.78, 5) is 1.99. The van der Waals surface area contributed by atoms with Crippen LogP contribution in [-0.4, -0.2) is 36.9 Å². The minimum absolute atomic E-state index is 0.239. The van der Waals surface area contributed by atoms with Crippen LogP contribution >= 0.6 is 0 Å². The highest BCUT2D eigenvalue weighted by Crippen LogP contribution is 2.19. The summed E-state index contributed by atoms with van der Waals surface area (Å²) in [5, 5.41) is 13.3. The maximum absolute atomic E-state index is 13.2. The largest absolute Gasteiger partial charge is 0.390 e. The first-order chi connectivity index (χ1) is 8.69. The zero-order valence-corrected chi connectivity index (χ0v) is 10.8. The number of anilines is 1. The molecule has 0 aliphatic heterocycles. The van der Waals surface area contributed by atoms with Crippen molar-refractivity contribution in [3.8, 4) is 0 Å². The molecule has 0 amide bonds. The minimum Gasteiger partial charge on any atom is -0.390 e. The van der Waals surface area contributed by atoms with Crippen molar-refractivity contribution in [1.82, 2.24) is 5.32 Å². The topological polar surface area (TPSA) is 35.5 Å². The van der Waals surface area contributed by atoms with Crippen LogP contribution in [0.5, 0.6) is 0 Å². The first kappa shape index (κ1) is 13.3. The molecule has 0 radical (unpaired) electrons. The third-order valence-electron chi connectivity index (χ3n) is 3.21. The molecule has 1 unspecified atom stereocenters. The summed E-state index contributed by atoms with van der Waals surface area (Å²) in [7, 11) is 0. The number of nitrogens with zero attached hydrogens (tertiary/aromatic N) is 1. The maximum Gasteiger partial charge on any atom is 0.125 e. The van der Waals surface area contributed by atoms with Crippen LogP contribution in [-0.2, 0) is 0 Å². The molecule has 1 aliphatic carbocycles. The molecule has 0 bridgehead atoms. The Morgan fingerprint density at radius 2 is 2.28 bits per heavy atom. The molecule has 1 saturated carbocycles. The van der Waals surface area contributed by atoms with Crippen LogP contribution in [0.4, 0.5) is 10.1 Å². The Kier molecular flexibility index (Phi) is 4.55. The minimum atomic E-state index is -0.422. The van der Waals surface area contributed by atoms with E-state index in [1.54, 1.807) is 6.07 Å². The van der Waals surface area contributed by atoms with E-state index in [9.17, 15) is 9.50 Å². The van der Waals surface area contributed by atoms with E-state index in [2.05, 4.69) is 5.32 Å². The Bertz CT molecular complexity index is 382. The highest BCUT2D eigenvalue weighted by Gasteiger charge is 2.21. The molecular formula is C14H21FN2O. The summed E-state index contributed by atoms with van der Waals surface area (Å²) < 4.78 is 13.2. The van der Waals surface area contributed by atoms with Crippen LogP contribution in [0.25, 0.3) is 0 Å². The lowest BCUT2D eigenvalue weighted by Gasteiger charge is -2.26. The maximum atomic E-state index is 13.2. The fourth-order valence-electron chi connectivity index (χ4n) is 2.00. The van der Waals surface area contributed by atoms with E-state index in [-0.39, 0.29) is 5.82 Å². The van der Waals surface area contributed by atoms with E-state index in [1.807, 2.05) is 17.9 Å². The van der Waals surface area contributed by atoms with Gasteiger partial charge in [-0.3, -0.25) is 0 Å². The number of rotatable bonds is 7. The average Bonchev–Trinajstić information content (AvgIpc) is 3.17. The molecule has 3 nitrogen and oxygen atoms in total. The number of likely N-dealkylation sites (N-methyl/N-ethyl adjacent to an activating group) is 1. The van der Waals surface area contributed by atoms with Gasteiger partial charge in [0.2, 0.25) is 0 Å². The molecule has 0 heterocycles. The molecule has 4 heteroatoms. The zero-order chi connectivity index (χ0) is 13.0. The van der Waals surface area contributed by atoms with Crippen LogP contribution in [0.2, 0.25) is 0 Å². The summed E-state index contributed by atoms with van der Waals surface area (Å²) >= 11 is 0. The van der Waals surface area contributed by atoms with Crippen LogP contribution < -0.4 is 10.2 Å². The summed E-state index contributed by atoms with van der Waals surface area (Å²) in [6, 6.07) is 7.10. The number of aliphatic hydroxyl groups excluding tert-OH is 1. The highest BCUT2D eigenvalue weighted by molar-refractivity contribution is 5.46. The molecule has 2 rings (SSSR count). The molecule has 0 aromatic heterocycles. The SMILES string of the molecule is CCN(CC(O)CNC1CC1)c1cccc(F)c1. The third kappa shape index (κ3) is 3.96. The number of nitrogens with one attached hydrogen (secondary N) is 1. The molecule has 1 aliphatic rings. The highest BCUT2D eigenvalue weighted by atomic mass is 19.1. The standard InChI is InChI=1S/C14H21FN2O/c1-2-17(13-5-3-4-11(15)8-13)10-14(18)9-16-12-6-7-12/h3-5,8,12,14,16,18H,2,6-7,9-10H2,1H3. The number of hydrogen-bond acceptors (Lipinski definition) is 3. The molecule has 2 N–H and O–H groups in total. The predicted octanol–water partition coefficient (Wildman–Crippen LogP) is 1.76. The van der Waals surface area contributed by atoms with Crippen LogP contribution in [0.3, 0.4) is 0 Å². The normalized spacial score (nSPS) is 16.6. The summed E-state index contributed by atoms with van der Waals surface area (Å²) in [5.74, 6) is -0.239. The van der Waals surface area contributed by atoms with Gasteiger partial charge in [-0.1, -0.05) is 6.07 Å². The van der Waals surface area contributed by atoms with Crippen molar-refractivity contribution in [3.05, 3.63) is 30.1 Å². The monoisotopic (exact) mass is 252 g/mol. The van der Waals surface area contributed by atoms with Crippen LogP contribution in [0, 0.1) is 5.82 Å². The molecule has 1 fully saturated rings. The quantitative estimate of drug-likeness (QED) is 0.776. The average molecular weight is 252 g/mol. The van der Waals surface area contributed by atoms with E-state index in [1.165, 1.54) is 25.0 Å². The first-order valence-corrected chi connectivity index (χ1v) is 6.61. The van der Waals surface area contributed by atoms with E-state index < -0.39 is 6.10 Å². The van der Waals surface area contributed by atoms with Gasteiger partial charge in [0.15, 0.2) is 0 Å². The smallest absolute Gasteiger partial charge is 0.125 e. The summed E-state index contributed by atoms with van der Waals surface area (Å²) in [5.41, 5.74) is 0.822. The van der Waals surface area contributed by atoms with Gasteiger partial charge in [0.25, 0.3) is 0 Å². The second kappa shape index (κ2) is 6.16. The van der Waals surface area contributed by atoms with Crippen molar-refractivity contribution in [2.45, 2.75) is 31.9 Å². The fraction of sp³-hybridized carbons (Fsp3) is 0.571. The second-order valence-electron chi connectivity index (χ2n) is 4.85. The fourth-order valence-corrected chi connectivity index (χ4v) is 2.00. The van der Waals surface area contributed by atoms with Gasteiger partial charge < -0.3 is 15.3 Å². The Morgan fingerprint density at radius 3 is 2.89 bits per heavy atom. The lowest BCUT2D eigenvalue weighted by Crippen LogP contribution is -2.39. The predicted molar refractivity (Wildman–Crippen MR) is 71.3 cm³/mol. The van der Waals surface area contributed by atoms with Gasteiger partial charge in [0.05, 0.1) is 6.10 Å². The Labute approximate surface area is 108 Å². The van der Waals surface area contributed by atoms with Gasteiger partial charge >= 0.3 is 0 Å². The van der Waals surface area contributed by atoms with Crippen molar-refractivity contribution >= 4 is 5.69 Å². The molecule has 0 spiro atoms. The van der Waals surface area contributed by atoms with Crippen LogP contribution in [0.1, 0.15) is 19.8 Å². The first-order valence-electron chi connectivity index (χ1n) is 6.61. The van der Waals surface area contributed by atoms with E-state index >= 15 is 0 Å². The number of hydrogen-bond donors (Lipinski definition) is 2. The van der Waals surface area contributed by atoms with Crippen molar-refractivity contribution in [3.63, 3.8) is 0 Å². The van der Waals surface area contributed by atoms with Crippen molar-refractivity contribution < 1.29 is 9.50 Å². The van der Waals surface area contributed by atoms with Crippen molar-refractivity contribution in [2.75, 3.05) is 24.5 Å². The summed E-state index contributed by atoms with van der Waals surface area (Å²) in [6.45, 7) is 3.89. The van der Waals surface area contributed by atoms with E-state index in [0.717, 1.165) is 12.2 Å². The number of halogens is 1. The number of aliphatic hydroxyl groups is 1. The molecule has 1 atom stereocenters. The molecule has 18 heavy (non-hydrogen) atoms. The molecular weight excluding hydrogens is 231 g/mol. The van der Waals surface area contributed by atoms with Crippen LogP contribution in [0.15, 0.2) is 24.3 Å². The Balaban J connectivity index is 1.87. The Morgan fingerprint density at radius 1 is 1.50 bits per heavy atom. The summed E-state index contributed by atoms with van der Waals surface area (Å²) in [6.07, 6.45) is 2.01. The molecule has 100 valence electrons. The number of benzene rings is 1. The lowest BCUT2D eigenvalue weighted by molar-refractivity contribution is 0.176. The molecule has 1 aromatic carbocycles. The van der Waals surface area contributed by atoms with E-state index in [0.29, 0.717) is 19.1 Å². The second-order valence-corrected chi connectivity index (χ2v) is 4.85. The van der Waals surface area contributed by atoms with Gasteiger partial charge in [-0.15, -0.1) is 0 Å². The van der Waals surface area contributed by atoms with Gasteiger partial charge in [-0.2, -0.15) is 0 Å². The van der Waals surface area contributed by atoms with Gasteiger partial charge in [0, 0.05) is 31.4 Å². The lowest BCUT2D eigenvalue weighted by atomic mass is 10.2. The van der Waals surface area contributed by atoms with Crippen molar-refractivity contribution in [2.24, 2.45) is 0 Å². The van der Waals surface area contributed by atoms with E-state index in [4.69, 9.17) is 0 Å². The molecule has 0 saturated heterocycles.